The standard InChI is InChI=1S/C12H19NO5/c1-4-5-8(2)11(15)13-9(12(16)17)6-7-10(14)18-3/h5,9H,4,6-7H2,1-3H3,(H,13,15)(H,16,17)/b8-5-/t9-/m1/s1. The number of amides is 1. The molecular weight excluding hydrogens is 238 g/mol. The van der Waals surface area contributed by atoms with Crippen LogP contribution in [0.3, 0.4) is 0 Å². The van der Waals surface area contributed by atoms with E-state index in [1.54, 1.807) is 13.0 Å². The van der Waals surface area contributed by atoms with E-state index in [4.69, 9.17) is 5.11 Å². The second-order valence-corrected chi connectivity index (χ2v) is 3.77. The Bertz CT molecular complexity index is 348. The van der Waals surface area contributed by atoms with Gasteiger partial charge < -0.3 is 15.2 Å². The molecule has 0 aliphatic heterocycles. The summed E-state index contributed by atoms with van der Waals surface area (Å²) in [6, 6.07) is -1.09. The molecule has 0 heterocycles. The lowest BCUT2D eigenvalue weighted by Crippen LogP contribution is -2.41. The van der Waals surface area contributed by atoms with Crippen LogP contribution < -0.4 is 5.32 Å². The summed E-state index contributed by atoms with van der Waals surface area (Å²) in [5.74, 6) is -2.11. The first-order chi connectivity index (χ1) is 8.42. The van der Waals surface area contributed by atoms with Gasteiger partial charge in [-0.2, -0.15) is 0 Å². The van der Waals surface area contributed by atoms with Gasteiger partial charge in [0.05, 0.1) is 7.11 Å². The Balaban J connectivity index is 4.45. The number of rotatable bonds is 7. The molecule has 0 rings (SSSR count). The van der Waals surface area contributed by atoms with Crippen LogP contribution in [0.4, 0.5) is 0 Å². The molecule has 0 aromatic heterocycles. The van der Waals surface area contributed by atoms with Gasteiger partial charge in [0.25, 0.3) is 0 Å². The van der Waals surface area contributed by atoms with Crippen molar-refractivity contribution in [1.82, 2.24) is 5.32 Å². The molecule has 0 bridgehead atoms. The van der Waals surface area contributed by atoms with Crippen LogP contribution in [-0.4, -0.2) is 36.1 Å². The van der Waals surface area contributed by atoms with Gasteiger partial charge in [-0.3, -0.25) is 9.59 Å². The number of carbonyl (C=O) groups excluding carboxylic acids is 2. The van der Waals surface area contributed by atoms with Crippen molar-refractivity contribution in [1.29, 1.82) is 0 Å². The molecule has 1 amide bonds. The van der Waals surface area contributed by atoms with E-state index in [9.17, 15) is 14.4 Å². The first kappa shape index (κ1) is 16.1. The quantitative estimate of drug-likeness (QED) is 0.521. The molecule has 0 aromatic rings. The van der Waals surface area contributed by atoms with Crippen molar-refractivity contribution < 1.29 is 24.2 Å². The zero-order valence-electron chi connectivity index (χ0n) is 10.9. The summed E-state index contributed by atoms with van der Waals surface area (Å²) in [5, 5.41) is 11.3. The highest BCUT2D eigenvalue weighted by molar-refractivity contribution is 5.95. The van der Waals surface area contributed by atoms with Crippen molar-refractivity contribution in [2.24, 2.45) is 0 Å². The molecule has 6 nitrogen and oxygen atoms in total. The molecule has 0 saturated carbocycles. The van der Waals surface area contributed by atoms with Crippen LogP contribution in [0.15, 0.2) is 11.6 Å². The average molecular weight is 257 g/mol. The Hall–Kier alpha value is -1.85. The number of carboxylic acids is 1. The summed E-state index contributed by atoms with van der Waals surface area (Å²) in [6.07, 6.45) is 2.35. The average Bonchev–Trinajstić information content (AvgIpc) is 2.33. The molecule has 6 heteroatoms. The number of esters is 1. The monoisotopic (exact) mass is 257 g/mol. The molecule has 1 atom stereocenters. The van der Waals surface area contributed by atoms with E-state index in [0.29, 0.717) is 12.0 Å². The van der Waals surface area contributed by atoms with Crippen LogP contribution in [0.1, 0.15) is 33.1 Å². The van der Waals surface area contributed by atoms with E-state index >= 15 is 0 Å². The van der Waals surface area contributed by atoms with Gasteiger partial charge in [-0.1, -0.05) is 13.0 Å². The fraction of sp³-hybridized carbons (Fsp3) is 0.583. The number of carbonyl (C=O) groups is 3. The minimum Gasteiger partial charge on any atom is -0.480 e. The van der Waals surface area contributed by atoms with Crippen LogP contribution in [0, 0.1) is 0 Å². The number of ether oxygens (including phenoxy) is 1. The summed E-state index contributed by atoms with van der Waals surface area (Å²) in [6.45, 7) is 3.49. The molecule has 0 aliphatic carbocycles. The molecule has 2 N–H and O–H groups in total. The molecule has 0 aromatic carbocycles. The lowest BCUT2D eigenvalue weighted by molar-refractivity contribution is -0.143. The third-order valence-corrected chi connectivity index (χ3v) is 2.34. The molecule has 0 fully saturated rings. The molecule has 18 heavy (non-hydrogen) atoms. The van der Waals surface area contributed by atoms with Crippen LogP contribution in [0.25, 0.3) is 0 Å². The van der Waals surface area contributed by atoms with Gasteiger partial charge in [0.1, 0.15) is 6.04 Å². The summed E-state index contributed by atoms with van der Waals surface area (Å²) < 4.78 is 4.42. The van der Waals surface area contributed by atoms with Gasteiger partial charge in [-0.05, 0) is 19.8 Å². The van der Waals surface area contributed by atoms with Gasteiger partial charge in [0, 0.05) is 12.0 Å². The van der Waals surface area contributed by atoms with E-state index < -0.39 is 23.9 Å². The van der Waals surface area contributed by atoms with Crippen LogP contribution >= 0.6 is 0 Å². The summed E-state index contributed by atoms with van der Waals surface area (Å²) in [4.78, 5) is 33.5. The predicted octanol–water partition coefficient (Wildman–Crippen LogP) is 0.865. The number of allylic oxidation sites excluding steroid dienone is 1. The first-order valence-corrected chi connectivity index (χ1v) is 5.69. The van der Waals surface area contributed by atoms with E-state index in [1.807, 2.05) is 6.92 Å². The van der Waals surface area contributed by atoms with Gasteiger partial charge in [-0.25, -0.2) is 4.79 Å². The Morgan fingerprint density at radius 2 is 2.00 bits per heavy atom. The molecule has 0 unspecified atom stereocenters. The number of hydrogen-bond acceptors (Lipinski definition) is 4. The second-order valence-electron chi connectivity index (χ2n) is 3.77. The fourth-order valence-electron chi connectivity index (χ4n) is 1.29. The Labute approximate surface area is 106 Å². The van der Waals surface area contributed by atoms with E-state index in [1.165, 1.54) is 7.11 Å². The van der Waals surface area contributed by atoms with Crippen molar-refractivity contribution in [3.8, 4) is 0 Å². The van der Waals surface area contributed by atoms with Crippen molar-refractivity contribution in [2.75, 3.05) is 7.11 Å². The van der Waals surface area contributed by atoms with E-state index in [2.05, 4.69) is 10.1 Å². The normalized spacial score (nSPS) is 12.7. The molecular formula is C12H19NO5. The zero-order chi connectivity index (χ0) is 14.1. The van der Waals surface area contributed by atoms with Gasteiger partial charge in [0.2, 0.25) is 5.91 Å². The number of methoxy groups -OCH3 is 1. The maximum atomic E-state index is 11.6. The number of hydrogen-bond donors (Lipinski definition) is 2. The summed E-state index contributed by atoms with van der Waals surface area (Å²) in [7, 11) is 1.23. The van der Waals surface area contributed by atoms with Gasteiger partial charge >= 0.3 is 11.9 Å². The number of carboxylic acid groups (broad SMARTS) is 1. The molecule has 0 spiro atoms. The topological polar surface area (TPSA) is 92.7 Å². The highest BCUT2D eigenvalue weighted by atomic mass is 16.5. The third kappa shape index (κ3) is 6.03. The lowest BCUT2D eigenvalue weighted by Gasteiger charge is -2.14. The zero-order valence-corrected chi connectivity index (χ0v) is 10.9. The second kappa shape index (κ2) is 8.27. The fourth-order valence-corrected chi connectivity index (χ4v) is 1.29. The minimum atomic E-state index is -1.17. The molecule has 102 valence electrons. The molecule has 0 aliphatic rings. The van der Waals surface area contributed by atoms with E-state index in [-0.39, 0.29) is 12.8 Å². The Morgan fingerprint density at radius 1 is 1.39 bits per heavy atom. The Kier molecular flexibility index (Phi) is 7.42. The van der Waals surface area contributed by atoms with Crippen molar-refractivity contribution in [3.63, 3.8) is 0 Å². The van der Waals surface area contributed by atoms with Crippen LogP contribution in [0.5, 0.6) is 0 Å². The largest absolute Gasteiger partial charge is 0.480 e. The van der Waals surface area contributed by atoms with Gasteiger partial charge in [0.15, 0.2) is 0 Å². The smallest absolute Gasteiger partial charge is 0.326 e. The highest BCUT2D eigenvalue weighted by Crippen LogP contribution is 2.02. The first-order valence-electron chi connectivity index (χ1n) is 5.69. The van der Waals surface area contributed by atoms with Crippen molar-refractivity contribution >= 4 is 17.8 Å². The van der Waals surface area contributed by atoms with Crippen molar-refractivity contribution in [2.45, 2.75) is 39.2 Å². The highest BCUT2D eigenvalue weighted by Gasteiger charge is 2.21. The number of nitrogens with one attached hydrogen (secondary N) is 1. The number of aliphatic carboxylic acids is 1. The Morgan fingerprint density at radius 3 is 2.44 bits per heavy atom. The summed E-state index contributed by atoms with van der Waals surface area (Å²) in [5.41, 5.74) is 0.460. The predicted molar refractivity (Wildman–Crippen MR) is 64.9 cm³/mol. The molecule has 0 radical (unpaired) electrons. The maximum absolute atomic E-state index is 11.6. The van der Waals surface area contributed by atoms with E-state index in [0.717, 1.165) is 0 Å². The third-order valence-electron chi connectivity index (χ3n) is 2.34. The minimum absolute atomic E-state index is 0.00709. The SMILES string of the molecule is CC/C=C(/C)C(=O)N[C@H](CCC(=O)OC)C(=O)O. The van der Waals surface area contributed by atoms with Crippen LogP contribution in [0.2, 0.25) is 0 Å². The molecule has 0 saturated heterocycles. The lowest BCUT2D eigenvalue weighted by atomic mass is 10.1. The maximum Gasteiger partial charge on any atom is 0.326 e. The van der Waals surface area contributed by atoms with Gasteiger partial charge in [-0.15, -0.1) is 0 Å². The van der Waals surface area contributed by atoms with Crippen LogP contribution in [-0.2, 0) is 19.1 Å². The summed E-state index contributed by atoms with van der Waals surface area (Å²) >= 11 is 0. The van der Waals surface area contributed by atoms with Crippen molar-refractivity contribution in [3.05, 3.63) is 11.6 Å².